The summed E-state index contributed by atoms with van der Waals surface area (Å²) in [5, 5.41) is 12.3. The number of nitrogens with one attached hydrogen (secondary N) is 1. The molecule has 76 valence electrons. The summed E-state index contributed by atoms with van der Waals surface area (Å²) < 4.78 is 13.4. The summed E-state index contributed by atoms with van der Waals surface area (Å²) in [7, 11) is 0. The van der Waals surface area contributed by atoms with Crippen LogP contribution in [0.3, 0.4) is 0 Å². The summed E-state index contributed by atoms with van der Waals surface area (Å²) in [5.41, 5.74) is 0.719. The molecule has 0 radical (unpaired) electrons. The van der Waals surface area contributed by atoms with Crippen molar-refractivity contribution in [1.82, 2.24) is 5.32 Å². The van der Waals surface area contributed by atoms with Gasteiger partial charge in [-0.3, -0.25) is 0 Å². The van der Waals surface area contributed by atoms with Crippen molar-refractivity contribution in [3.05, 3.63) is 35.6 Å². The van der Waals surface area contributed by atoms with Crippen LogP contribution in [0, 0.1) is 11.7 Å². The van der Waals surface area contributed by atoms with E-state index in [1.54, 1.807) is 12.1 Å². The van der Waals surface area contributed by atoms with Crippen LogP contribution in [0.2, 0.25) is 0 Å². The molecule has 1 aliphatic rings. The maximum atomic E-state index is 13.4. The van der Waals surface area contributed by atoms with Gasteiger partial charge in [0.15, 0.2) is 0 Å². The fraction of sp³-hybridized carbons (Fsp3) is 0.455. The predicted octanol–water partition coefficient (Wildman–Crippen LogP) is 1.12. The number of rotatable bonds is 2. The Morgan fingerprint density at radius 3 is 2.86 bits per heavy atom. The topological polar surface area (TPSA) is 32.3 Å². The van der Waals surface area contributed by atoms with Crippen molar-refractivity contribution in [1.29, 1.82) is 0 Å². The van der Waals surface area contributed by atoms with E-state index in [0.29, 0.717) is 0 Å². The highest BCUT2D eigenvalue weighted by Crippen LogP contribution is 2.29. The molecule has 1 aromatic carbocycles. The Morgan fingerprint density at radius 2 is 2.14 bits per heavy atom. The Hall–Kier alpha value is -0.930. The van der Waals surface area contributed by atoms with Crippen molar-refractivity contribution in [2.45, 2.75) is 5.92 Å². The molecule has 2 unspecified atom stereocenters. The third-order valence-corrected chi connectivity index (χ3v) is 2.88. The largest absolute Gasteiger partial charge is 0.396 e. The molecule has 0 saturated carbocycles. The predicted molar refractivity (Wildman–Crippen MR) is 52.6 cm³/mol. The van der Waals surface area contributed by atoms with Crippen molar-refractivity contribution in [2.75, 3.05) is 19.7 Å². The number of benzene rings is 1. The summed E-state index contributed by atoms with van der Waals surface area (Å²) in [6.45, 7) is 1.65. The van der Waals surface area contributed by atoms with Crippen molar-refractivity contribution in [3.8, 4) is 0 Å². The maximum absolute atomic E-state index is 13.4. The summed E-state index contributed by atoms with van der Waals surface area (Å²) in [6, 6.07) is 6.80. The van der Waals surface area contributed by atoms with Gasteiger partial charge in [0.25, 0.3) is 0 Å². The van der Waals surface area contributed by atoms with Gasteiger partial charge in [0.05, 0.1) is 0 Å². The second-order valence-corrected chi connectivity index (χ2v) is 3.73. The highest BCUT2D eigenvalue weighted by atomic mass is 19.1. The first-order chi connectivity index (χ1) is 6.83. The number of hydrogen-bond acceptors (Lipinski definition) is 2. The minimum Gasteiger partial charge on any atom is -0.396 e. The van der Waals surface area contributed by atoms with Crippen LogP contribution in [0.1, 0.15) is 11.5 Å². The Kier molecular flexibility index (Phi) is 2.79. The van der Waals surface area contributed by atoms with Gasteiger partial charge in [-0.1, -0.05) is 18.2 Å². The fourth-order valence-electron chi connectivity index (χ4n) is 2.06. The fourth-order valence-corrected chi connectivity index (χ4v) is 2.06. The Bertz CT molecular complexity index is 316. The molecule has 1 saturated heterocycles. The first kappa shape index (κ1) is 9.62. The monoisotopic (exact) mass is 195 g/mol. The van der Waals surface area contributed by atoms with Crippen molar-refractivity contribution in [3.63, 3.8) is 0 Å². The molecule has 3 heteroatoms. The number of hydrogen-bond donors (Lipinski definition) is 2. The van der Waals surface area contributed by atoms with E-state index in [1.165, 1.54) is 6.07 Å². The minimum atomic E-state index is -0.167. The molecule has 1 aliphatic heterocycles. The van der Waals surface area contributed by atoms with Crippen molar-refractivity contribution in [2.24, 2.45) is 5.92 Å². The SMILES string of the molecule is OCC1CNCC1c1ccccc1F. The Labute approximate surface area is 82.8 Å². The van der Waals surface area contributed by atoms with Gasteiger partial charge in [-0.15, -0.1) is 0 Å². The Balaban J connectivity index is 2.26. The smallest absolute Gasteiger partial charge is 0.126 e. The normalized spacial score (nSPS) is 26.7. The minimum absolute atomic E-state index is 0.112. The molecule has 2 rings (SSSR count). The molecule has 0 spiro atoms. The lowest BCUT2D eigenvalue weighted by Crippen LogP contribution is -2.15. The first-order valence-electron chi connectivity index (χ1n) is 4.89. The van der Waals surface area contributed by atoms with E-state index in [4.69, 9.17) is 5.11 Å². The lowest BCUT2D eigenvalue weighted by atomic mass is 9.89. The quantitative estimate of drug-likeness (QED) is 0.741. The molecular formula is C11H14FNO. The van der Waals surface area contributed by atoms with Gasteiger partial charge in [0.2, 0.25) is 0 Å². The van der Waals surface area contributed by atoms with Crippen LogP contribution in [0.15, 0.2) is 24.3 Å². The lowest BCUT2D eigenvalue weighted by Gasteiger charge is -2.16. The maximum Gasteiger partial charge on any atom is 0.126 e. The Morgan fingerprint density at radius 1 is 1.36 bits per heavy atom. The highest BCUT2D eigenvalue weighted by Gasteiger charge is 2.29. The zero-order valence-electron chi connectivity index (χ0n) is 7.91. The van der Waals surface area contributed by atoms with Crippen molar-refractivity contribution < 1.29 is 9.50 Å². The molecular weight excluding hydrogens is 181 g/mol. The van der Waals surface area contributed by atoms with Gasteiger partial charge in [0, 0.05) is 31.5 Å². The van der Waals surface area contributed by atoms with E-state index in [2.05, 4.69) is 5.32 Å². The summed E-state index contributed by atoms with van der Waals surface area (Å²) in [4.78, 5) is 0. The van der Waals surface area contributed by atoms with Gasteiger partial charge in [-0.05, 0) is 11.6 Å². The third kappa shape index (κ3) is 1.65. The summed E-state index contributed by atoms with van der Waals surface area (Å²) in [6.07, 6.45) is 0. The molecule has 0 aromatic heterocycles. The molecule has 1 fully saturated rings. The molecule has 14 heavy (non-hydrogen) atoms. The molecule has 0 amide bonds. The summed E-state index contributed by atoms with van der Waals surface area (Å²) >= 11 is 0. The lowest BCUT2D eigenvalue weighted by molar-refractivity contribution is 0.225. The molecule has 2 atom stereocenters. The first-order valence-corrected chi connectivity index (χ1v) is 4.89. The van der Waals surface area contributed by atoms with Gasteiger partial charge in [-0.25, -0.2) is 4.39 Å². The van der Waals surface area contributed by atoms with E-state index < -0.39 is 0 Å². The average Bonchev–Trinajstić information content (AvgIpc) is 2.66. The van der Waals surface area contributed by atoms with Crippen LogP contribution in [0.5, 0.6) is 0 Å². The van der Waals surface area contributed by atoms with E-state index in [1.807, 2.05) is 6.07 Å². The van der Waals surface area contributed by atoms with E-state index in [-0.39, 0.29) is 24.3 Å². The zero-order valence-corrected chi connectivity index (χ0v) is 7.91. The van der Waals surface area contributed by atoms with Crippen LogP contribution in [-0.2, 0) is 0 Å². The standard InChI is InChI=1S/C11H14FNO/c12-11-4-2-1-3-9(11)10-6-13-5-8(10)7-14/h1-4,8,10,13-14H,5-7H2. The molecule has 1 heterocycles. The van der Waals surface area contributed by atoms with Gasteiger partial charge < -0.3 is 10.4 Å². The zero-order chi connectivity index (χ0) is 9.97. The van der Waals surface area contributed by atoms with Crippen LogP contribution in [0.4, 0.5) is 4.39 Å². The second kappa shape index (κ2) is 4.07. The number of aliphatic hydroxyl groups excluding tert-OH is 1. The van der Waals surface area contributed by atoms with E-state index in [0.717, 1.165) is 18.7 Å². The molecule has 2 nitrogen and oxygen atoms in total. The molecule has 1 aromatic rings. The molecule has 0 aliphatic carbocycles. The number of aliphatic hydroxyl groups is 1. The average molecular weight is 195 g/mol. The van der Waals surface area contributed by atoms with Crippen LogP contribution in [-0.4, -0.2) is 24.8 Å². The van der Waals surface area contributed by atoms with Crippen LogP contribution >= 0.6 is 0 Å². The van der Waals surface area contributed by atoms with E-state index in [9.17, 15) is 4.39 Å². The van der Waals surface area contributed by atoms with Gasteiger partial charge in [0.1, 0.15) is 5.82 Å². The highest BCUT2D eigenvalue weighted by molar-refractivity contribution is 5.24. The molecule has 0 bridgehead atoms. The molecule has 2 N–H and O–H groups in total. The van der Waals surface area contributed by atoms with E-state index >= 15 is 0 Å². The summed E-state index contributed by atoms with van der Waals surface area (Å²) in [5.74, 6) is 0.0905. The van der Waals surface area contributed by atoms with Crippen LogP contribution in [0.25, 0.3) is 0 Å². The second-order valence-electron chi connectivity index (χ2n) is 3.73. The van der Waals surface area contributed by atoms with Gasteiger partial charge in [-0.2, -0.15) is 0 Å². The van der Waals surface area contributed by atoms with Crippen molar-refractivity contribution >= 4 is 0 Å². The van der Waals surface area contributed by atoms with Crippen LogP contribution < -0.4 is 5.32 Å². The third-order valence-electron chi connectivity index (χ3n) is 2.88. The number of halogens is 1. The van der Waals surface area contributed by atoms with Gasteiger partial charge >= 0.3 is 0 Å².